The maximum atomic E-state index is 12.9. The van der Waals surface area contributed by atoms with Gasteiger partial charge in [-0.25, -0.2) is 0 Å². The van der Waals surface area contributed by atoms with Gasteiger partial charge in [0.2, 0.25) is 6.29 Å². The molecule has 1 spiro atoms. The molecule has 0 aromatic heterocycles. The first-order chi connectivity index (χ1) is 18.0. The van der Waals surface area contributed by atoms with Crippen molar-refractivity contribution in [2.75, 3.05) is 13.2 Å². The second-order valence-corrected chi connectivity index (χ2v) is 12.4. The van der Waals surface area contributed by atoms with Gasteiger partial charge in [-0.3, -0.25) is 14.4 Å². The minimum absolute atomic E-state index is 0.0647. The second-order valence-electron chi connectivity index (χ2n) is 12.4. The number of rotatable bonds is 7. The zero-order valence-corrected chi connectivity index (χ0v) is 23.4. The summed E-state index contributed by atoms with van der Waals surface area (Å²) in [6.45, 7) is 11.6. The first kappa shape index (κ1) is 27.4. The normalized spacial score (nSPS) is 45.5. The van der Waals surface area contributed by atoms with Crippen LogP contribution < -0.4 is 0 Å². The molecule has 0 aromatic rings. The minimum atomic E-state index is -0.803. The fraction of sp³-hybridized carbons (Fsp3) is 0.828. The molecule has 2 saturated heterocycles. The summed E-state index contributed by atoms with van der Waals surface area (Å²) in [4.78, 5) is 37.4. The van der Waals surface area contributed by atoms with Crippen LogP contribution in [-0.4, -0.2) is 61.3 Å². The molecular weight excluding hydrogens is 492 g/mol. The Morgan fingerprint density at radius 1 is 1.11 bits per heavy atom. The van der Waals surface area contributed by atoms with Crippen molar-refractivity contribution in [1.29, 1.82) is 0 Å². The summed E-state index contributed by atoms with van der Waals surface area (Å²) in [7, 11) is 0. The predicted molar refractivity (Wildman–Crippen MR) is 134 cm³/mol. The van der Waals surface area contributed by atoms with Crippen LogP contribution in [0.1, 0.15) is 73.6 Å². The summed E-state index contributed by atoms with van der Waals surface area (Å²) < 4.78 is 36.5. The molecule has 212 valence electrons. The molecule has 11 atom stereocenters. The van der Waals surface area contributed by atoms with Crippen molar-refractivity contribution in [2.24, 2.45) is 34.5 Å². The number of carbonyl (C=O) groups is 3. The van der Waals surface area contributed by atoms with Crippen molar-refractivity contribution in [3.8, 4) is 0 Å². The van der Waals surface area contributed by atoms with Crippen LogP contribution in [0, 0.1) is 34.5 Å². The van der Waals surface area contributed by atoms with E-state index in [1.54, 1.807) is 6.26 Å². The smallest absolute Gasteiger partial charge is 0.308 e. The molecule has 11 unspecified atom stereocenters. The van der Waals surface area contributed by atoms with Crippen LogP contribution in [0.15, 0.2) is 12.3 Å². The Morgan fingerprint density at radius 3 is 2.45 bits per heavy atom. The molecule has 0 N–H and O–H groups in total. The third-order valence-electron chi connectivity index (χ3n) is 10.5. The highest BCUT2D eigenvalue weighted by molar-refractivity contribution is 5.72. The molecule has 3 heterocycles. The number of carbonyl (C=O) groups excluding carboxylic acids is 3. The fourth-order valence-corrected chi connectivity index (χ4v) is 7.94. The van der Waals surface area contributed by atoms with Crippen molar-refractivity contribution in [3.05, 3.63) is 12.3 Å². The highest BCUT2D eigenvalue weighted by atomic mass is 16.7. The molecule has 5 aliphatic rings. The van der Waals surface area contributed by atoms with Gasteiger partial charge in [0.05, 0.1) is 30.3 Å². The molecule has 0 bridgehead atoms. The number of epoxide rings is 1. The van der Waals surface area contributed by atoms with Gasteiger partial charge >= 0.3 is 17.9 Å². The summed E-state index contributed by atoms with van der Waals surface area (Å²) in [5.74, 6) is -1.11. The Hall–Kier alpha value is -2.13. The standard InChI is InChI=1S/C29H42O9/c1-7-16(2)25(32)37-21-12-22-27(6,23-11-20-8-9-33-26(20)38-23)17(3)10-24(36-19(5)31)29(22,15-34-18(4)30)28(13-21)14-35-28/h8-9,16-17,20-24,26H,7,10-15H2,1-6H3. The zero-order valence-electron chi connectivity index (χ0n) is 23.4. The number of esters is 3. The van der Waals surface area contributed by atoms with Gasteiger partial charge in [0.25, 0.3) is 0 Å². The molecular formula is C29H42O9. The Balaban J connectivity index is 1.59. The van der Waals surface area contributed by atoms with E-state index in [1.807, 2.05) is 13.8 Å². The second kappa shape index (κ2) is 9.81. The first-order valence-corrected chi connectivity index (χ1v) is 14.1. The van der Waals surface area contributed by atoms with E-state index in [1.165, 1.54) is 13.8 Å². The van der Waals surface area contributed by atoms with Gasteiger partial charge in [0, 0.05) is 31.6 Å². The molecule has 2 aliphatic carbocycles. The quantitative estimate of drug-likeness (QED) is 0.273. The van der Waals surface area contributed by atoms with Crippen LogP contribution in [0.5, 0.6) is 0 Å². The monoisotopic (exact) mass is 534 g/mol. The van der Waals surface area contributed by atoms with Crippen LogP contribution in [-0.2, 0) is 42.8 Å². The molecule has 38 heavy (non-hydrogen) atoms. The number of fused-ring (bicyclic) bond motifs is 3. The van der Waals surface area contributed by atoms with Crippen molar-refractivity contribution >= 4 is 17.9 Å². The highest BCUT2D eigenvalue weighted by Crippen LogP contribution is 2.70. The van der Waals surface area contributed by atoms with E-state index < -0.39 is 28.5 Å². The van der Waals surface area contributed by atoms with Crippen LogP contribution in [0.25, 0.3) is 0 Å². The van der Waals surface area contributed by atoms with Gasteiger partial charge in [-0.1, -0.05) is 27.7 Å². The van der Waals surface area contributed by atoms with Crippen LogP contribution >= 0.6 is 0 Å². The van der Waals surface area contributed by atoms with E-state index in [0.29, 0.717) is 32.3 Å². The average Bonchev–Trinajstić information content (AvgIpc) is 3.29. The highest BCUT2D eigenvalue weighted by Gasteiger charge is 2.78. The van der Waals surface area contributed by atoms with Crippen molar-refractivity contribution < 1.29 is 42.8 Å². The van der Waals surface area contributed by atoms with E-state index in [9.17, 15) is 14.4 Å². The summed E-state index contributed by atoms with van der Waals surface area (Å²) >= 11 is 0. The summed E-state index contributed by atoms with van der Waals surface area (Å²) in [5, 5.41) is 0. The topological polar surface area (TPSA) is 110 Å². The molecule has 3 aliphatic heterocycles. The lowest BCUT2D eigenvalue weighted by Gasteiger charge is -2.64. The average molecular weight is 535 g/mol. The Morgan fingerprint density at radius 2 is 1.84 bits per heavy atom. The lowest BCUT2D eigenvalue weighted by molar-refractivity contribution is -0.264. The molecule has 2 saturated carbocycles. The van der Waals surface area contributed by atoms with Gasteiger partial charge < -0.3 is 28.4 Å². The minimum Gasteiger partial charge on any atom is -0.472 e. The fourth-order valence-electron chi connectivity index (χ4n) is 7.94. The maximum absolute atomic E-state index is 12.9. The molecule has 9 heteroatoms. The van der Waals surface area contributed by atoms with Crippen molar-refractivity contribution in [3.63, 3.8) is 0 Å². The number of hydrogen-bond acceptors (Lipinski definition) is 9. The van der Waals surface area contributed by atoms with Gasteiger partial charge in [-0.2, -0.15) is 0 Å². The largest absolute Gasteiger partial charge is 0.472 e. The van der Waals surface area contributed by atoms with Crippen LogP contribution in [0.3, 0.4) is 0 Å². The van der Waals surface area contributed by atoms with Crippen molar-refractivity contribution in [2.45, 2.75) is 104 Å². The summed E-state index contributed by atoms with van der Waals surface area (Å²) in [6.07, 6.45) is 5.51. The van der Waals surface area contributed by atoms with E-state index in [4.69, 9.17) is 28.4 Å². The van der Waals surface area contributed by atoms with Crippen molar-refractivity contribution in [1.82, 2.24) is 0 Å². The third kappa shape index (κ3) is 4.24. The molecule has 0 radical (unpaired) electrons. The molecule has 0 amide bonds. The number of hydrogen-bond donors (Lipinski definition) is 0. The van der Waals surface area contributed by atoms with Gasteiger partial charge in [-0.15, -0.1) is 0 Å². The Labute approximate surface area is 224 Å². The molecule has 0 aromatic carbocycles. The molecule has 9 nitrogen and oxygen atoms in total. The maximum Gasteiger partial charge on any atom is 0.308 e. The van der Waals surface area contributed by atoms with Gasteiger partial charge in [0.15, 0.2) is 0 Å². The van der Waals surface area contributed by atoms with E-state index in [0.717, 1.165) is 6.42 Å². The molecule has 4 fully saturated rings. The van der Waals surface area contributed by atoms with Gasteiger partial charge in [-0.05, 0) is 43.6 Å². The Kier molecular flexibility index (Phi) is 7.08. The van der Waals surface area contributed by atoms with Gasteiger partial charge in [0.1, 0.15) is 24.4 Å². The SMILES string of the molecule is CCC(C)C(=O)OC1CC2C(C)(C3CC4C=COC4O3)C(C)CC(OC(C)=O)C2(COC(C)=O)C2(CO2)C1. The summed E-state index contributed by atoms with van der Waals surface area (Å²) in [6, 6.07) is 0. The molecule has 5 rings (SSSR count). The van der Waals surface area contributed by atoms with E-state index in [-0.39, 0.29) is 60.7 Å². The third-order valence-corrected chi connectivity index (χ3v) is 10.5. The lowest BCUT2D eigenvalue weighted by Crippen LogP contribution is -2.70. The predicted octanol–water partition coefficient (Wildman–Crippen LogP) is 3.93. The van der Waals surface area contributed by atoms with E-state index in [2.05, 4.69) is 19.9 Å². The zero-order chi connectivity index (χ0) is 27.5. The van der Waals surface area contributed by atoms with E-state index >= 15 is 0 Å². The first-order valence-electron chi connectivity index (χ1n) is 14.1. The Bertz CT molecular complexity index is 989. The lowest BCUT2D eigenvalue weighted by atomic mass is 9.42. The number of ether oxygens (including phenoxy) is 6. The summed E-state index contributed by atoms with van der Waals surface area (Å²) in [5.41, 5.74) is -1.96. The van der Waals surface area contributed by atoms with Crippen LogP contribution in [0.2, 0.25) is 0 Å². The van der Waals surface area contributed by atoms with Crippen LogP contribution in [0.4, 0.5) is 0 Å².